The van der Waals surface area contributed by atoms with Crippen LogP contribution in [0.2, 0.25) is 19.6 Å². The number of ether oxygens (including phenoxy) is 2. The summed E-state index contributed by atoms with van der Waals surface area (Å²) in [5.74, 6) is 0.343. The van der Waals surface area contributed by atoms with Gasteiger partial charge in [-0.25, -0.2) is 4.79 Å². The van der Waals surface area contributed by atoms with Gasteiger partial charge in [-0.1, -0.05) is 94.2 Å². The summed E-state index contributed by atoms with van der Waals surface area (Å²) in [6.07, 6.45) is -1.08. The van der Waals surface area contributed by atoms with E-state index in [2.05, 4.69) is 68.2 Å². The van der Waals surface area contributed by atoms with E-state index in [0.717, 1.165) is 14.7 Å². The third-order valence-corrected chi connectivity index (χ3v) is 9.79. The first-order chi connectivity index (χ1) is 14.7. The number of hydrogen-bond donors (Lipinski definition) is 0. The fraction of sp³-hybridized carbons (Fsp3) is 0.400. The summed E-state index contributed by atoms with van der Waals surface area (Å²) in [6.45, 7) is 11.4. The molecule has 164 valence electrons. The molecule has 0 unspecified atom stereocenters. The van der Waals surface area contributed by atoms with Crippen molar-refractivity contribution in [1.29, 1.82) is 0 Å². The molecule has 2 aliphatic rings. The van der Waals surface area contributed by atoms with Crippen LogP contribution in [0.5, 0.6) is 0 Å². The molecule has 4 atom stereocenters. The Bertz CT molecular complexity index is 971. The van der Waals surface area contributed by atoms with Crippen molar-refractivity contribution in [1.82, 2.24) is 4.90 Å². The van der Waals surface area contributed by atoms with Gasteiger partial charge in [0.05, 0.1) is 14.2 Å². The van der Waals surface area contributed by atoms with Gasteiger partial charge in [0.15, 0.2) is 12.3 Å². The third-order valence-electron chi connectivity index (χ3n) is 5.99. The van der Waals surface area contributed by atoms with Crippen LogP contribution in [0.3, 0.4) is 0 Å². The highest BCUT2D eigenvalue weighted by molar-refractivity contribution is 14.1. The Morgan fingerprint density at radius 1 is 0.935 bits per heavy atom. The van der Waals surface area contributed by atoms with E-state index in [9.17, 15) is 4.79 Å². The first-order valence-electron chi connectivity index (χ1n) is 10.8. The molecule has 6 heteroatoms. The third kappa shape index (κ3) is 4.22. The van der Waals surface area contributed by atoms with Gasteiger partial charge in [-0.15, -0.1) is 0 Å². The Balaban J connectivity index is 1.81. The van der Waals surface area contributed by atoms with Crippen LogP contribution in [0.4, 0.5) is 4.79 Å². The Kier molecular flexibility index (Phi) is 6.34. The van der Waals surface area contributed by atoms with Crippen molar-refractivity contribution in [2.24, 2.45) is 5.92 Å². The van der Waals surface area contributed by atoms with Crippen molar-refractivity contribution >= 4 is 36.8 Å². The molecule has 0 saturated carbocycles. The molecule has 0 aliphatic carbocycles. The molecule has 31 heavy (non-hydrogen) atoms. The average Bonchev–Trinajstić information content (AvgIpc) is 3.26. The first-order valence-corrected chi connectivity index (χ1v) is 15.4. The molecule has 0 bridgehead atoms. The van der Waals surface area contributed by atoms with Crippen LogP contribution in [0.15, 0.2) is 69.4 Å². The van der Waals surface area contributed by atoms with E-state index < -0.39 is 14.3 Å². The lowest BCUT2D eigenvalue weighted by Crippen LogP contribution is -2.40. The van der Waals surface area contributed by atoms with Gasteiger partial charge in [-0.05, 0) is 44.8 Å². The predicted molar refractivity (Wildman–Crippen MR) is 135 cm³/mol. The summed E-state index contributed by atoms with van der Waals surface area (Å²) in [6, 6.07) is 19.9. The van der Waals surface area contributed by atoms with Crippen molar-refractivity contribution in [3.8, 4) is 0 Å². The van der Waals surface area contributed by atoms with Gasteiger partial charge in [0.2, 0.25) is 0 Å². The molecule has 1 amide bonds. The number of nitrogens with zero attached hydrogens (tertiary/aromatic N) is 1. The molecule has 2 heterocycles. The van der Waals surface area contributed by atoms with E-state index >= 15 is 0 Å². The van der Waals surface area contributed by atoms with E-state index in [-0.39, 0.29) is 24.3 Å². The quantitative estimate of drug-likeness (QED) is 0.303. The van der Waals surface area contributed by atoms with E-state index in [0.29, 0.717) is 5.92 Å². The second-order valence-corrected chi connectivity index (χ2v) is 15.8. The summed E-state index contributed by atoms with van der Waals surface area (Å²) >= 11 is 2.42. The predicted octanol–water partition coefficient (Wildman–Crippen LogP) is 6.87. The van der Waals surface area contributed by atoms with Crippen LogP contribution < -0.4 is 0 Å². The number of carbonyl (C=O) groups excluding carboxylic acids is 1. The Labute approximate surface area is 199 Å². The molecule has 2 aliphatic heterocycles. The largest absolute Gasteiger partial charge is 0.439 e. The van der Waals surface area contributed by atoms with Gasteiger partial charge in [-0.2, -0.15) is 0 Å². The van der Waals surface area contributed by atoms with Gasteiger partial charge in [0.1, 0.15) is 6.04 Å². The molecule has 4 rings (SSSR count). The van der Waals surface area contributed by atoms with E-state index in [1.165, 1.54) is 5.20 Å². The summed E-state index contributed by atoms with van der Waals surface area (Å²) in [5, 5.41) is 1.41. The van der Waals surface area contributed by atoms with E-state index in [4.69, 9.17) is 9.47 Å². The number of carbonyl (C=O) groups is 1. The maximum Gasteiger partial charge on any atom is 0.413 e. The minimum Gasteiger partial charge on any atom is -0.439 e. The molecule has 0 spiro atoms. The van der Waals surface area contributed by atoms with Gasteiger partial charge >= 0.3 is 6.09 Å². The average molecular weight is 548 g/mol. The number of cyclic esters (lactones) is 1. The van der Waals surface area contributed by atoms with Crippen LogP contribution in [-0.2, 0) is 9.47 Å². The number of hydrogen-bond acceptors (Lipinski definition) is 3. The lowest BCUT2D eigenvalue weighted by atomic mass is 9.95. The minimum absolute atomic E-state index is 0.0311. The zero-order chi connectivity index (χ0) is 22.3. The van der Waals surface area contributed by atoms with Crippen molar-refractivity contribution in [3.05, 3.63) is 80.6 Å². The Morgan fingerprint density at radius 2 is 1.48 bits per heavy atom. The van der Waals surface area contributed by atoms with E-state index in [1.54, 1.807) is 0 Å². The first kappa shape index (κ1) is 22.5. The molecule has 0 aromatic heterocycles. The molecular weight excluding hydrogens is 517 g/mol. The molecule has 2 aromatic rings. The van der Waals surface area contributed by atoms with Gasteiger partial charge in [-0.3, -0.25) is 4.90 Å². The summed E-state index contributed by atoms with van der Waals surface area (Å²) in [5.41, 5.74) is 2.05. The fourth-order valence-corrected chi connectivity index (χ4v) is 9.89. The SMILES string of the molecule is CC(C)[C@@H]1O[C@H](N2C(=O)O[C@H](c3ccccc3)[C@@H]2c2ccccc2)C(I)=C1[Si](C)(C)C. The highest BCUT2D eigenvalue weighted by Crippen LogP contribution is 2.49. The second-order valence-electron chi connectivity index (χ2n) is 9.64. The highest BCUT2D eigenvalue weighted by atomic mass is 127. The smallest absolute Gasteiger partial charge is 0.413 e. The Hall–Kier alpha value is -1.64. The monoisotopic (exact) mass is 547 g/mol. The van der Waals surface area contributed by atoms with Crippen LogP contribution in [0.1, 0.15) is 37.1 Å². The molecule has 0 radical (unpaired) electrons. The van der Waals surface area contributed by atoms with E-state index in [1.807, 2.05) is 53.4 Å². The summed E-state index contributed by atoms with van der Waals surface area (Å²) in [4.78, 5) is 15.1. The Morgan fingerprint density at radius 3 is 1.97 bits per heavy atom. The van der Waals surface area contributed by atoms with Gasteiger partial charge in [0, 0.05) is 3.58 Å². The molecule has 4 nitrogen and oxygen atoms in total. The summed E-state index contributed by atoms with van der Waals surface area (Å²) in [7, 11) is -1.64. The number of rotatable bonds is 5. The van der Waals surface area contributed by atoms with Crippen LogP contribution in [0.25, 0.3) is 0 Å². The zero-order valence-corrected chi connectivity index (χ0v) is 21.9. The standard InChI is InChI=1S/C25H30INO3Si/c1-16(2)21-23(31(3,4)5)19(26)24(29-21)27-20(17-12-8-6-9-13-17)22(30-25(27)28)18-14-10-7-11-15-18/h6-16,20-22,24H,1-5H3/t20-,21-,22+,24-/m0/s1. The van der Waals surface area contributed by atoms with Crippen LogP contribution in [-0.4, -0.2) is 31.4 Å². The minimum atomic E-state index is -1.64. The maximum absolute atomic E-state index is 13.3. The molecule has 2 aromatic carbocycles. The highest BCUT2D eigenvalue weighted by Gasteiger charge is 2.52. The van der Waals surface area contributed by atoms with Crippen molar-refractivity contribution in [3.63, 3.8) is 0 Å². The topological polar surface area (TPSA) is 38.8 Å². The fourth-order valence-electron chi connectivity index (χ4n) is 4.61. The molecule has 0 N–H and O–H groups in total. The lowest BCUT2D eigenvalue weighted by Gasteiger charge is -2.31. The maximum atomic E-state index is 13.3. The van der Waals surface area contributed by atoms with Crippen molar-refractivity contribution in [2.45, 2.75) is 58.0 Å². The number of halogens is 1. The van der Waals surface area contributed by atoms with Crippen molar-refractivity contribution < 1.29 is 14.3 Å². The number of amides is 1. The second kappa shape index (κ2) is 8.71. The molecule has 1 saturated heterocycles. The normalized spacial score (nSPS) is 26.7. The van der Waals surface area contributed by atoms with Crippen molar-refractivity contribution in [2.75, 3.05) is 0 Å². The number of benzene rings is 2. The molecular formula is C25H30INO3Si. The van der Waals surface area contributed by atoms with Crippen LogP contribution in [0, 0.1) is 5.92 Å². The van der Waals surface area contributed by atoms with Crippen LogP contribution >= 0.6 is 22.6 Å². The summed E-state index contributed by atoms with van der Waals surface area (Å²) < 4.78 is 13.8. The van der Waals surface area contributed by atoms with Gasteiger partial charge < -0.3 is 9.47 Å². The molecule has 1 fully saturated rings. The zero-order valence-electron chi connectivity index (χ0n) is 18.7. The lowest BCUT2D eigenvalue weighted by molar-refractivity contribution is -0.0451. The van der Waals surface area contributed by atoms with Gasteiger partial charge in [0.25, 0.3) is 0 Å².